The lowest BCUT2D eigenvalue weighted by Gasteiger charge is -2.15. The monoisotopic (exact) mass is 314 g/mol. The van der Waals surface area contributed by atoms with Gasteiger partial charge in [0.1, 0.15) is 0 Å². The van der Waals surface area contributed by atoms with Crippen LogP contribution in [0.1, 0.15) is 45.8 Å². The molecule has 1 amide bonds. The summed E-state index contributed by atoms with van der Waals surface area (Å²) in [7, 11) is 0. The van der Waals surface area contributed by atoms with E-state index < -0.39 is 0 Å². The molecule has 4 heteroatoms. The Kier molecular flexibility index (Phi) is 4.32. The maximum atomic E-state index is 12.7. The number of thiophene rings is 1. The molecule has 1 aliphatic rings. The summed E-state index contributed by atoms with van der Waals surface area (Å²) in [6.45, 7) is 5.64. The number of hydrogen-bond acceptors (Lipinski definition) is 3. The summed E-state index contributed by atoms with van der Waals surface area (Å²) >= 11 is 1.60. The molecule has 2 heterocycles. The smallest absolute Gasteiger partial charge is 0.264 e. The first-order valence-corrected chi connectivity index (χ1v) is 8.57. The molecule has 22 heavy (non-hydrogen) atoms. The Morgan fingerprint density at radius 1 is 1.18 bits per heavy atom. The molecular weight excluding hydrogens is 292 g/mol. The first-order valence-electron chi connectivity index (χ1n) is 7.76. The third kappa shape index (κ3) is 2.94. The minimum atomic E-state index is 0.0101. The van der Waals surface area contributed by atoms with Crippen LogP contribution in [0, 0.1) is 0 Å². The van der Waals surface area contributed by atoms with E-state index in [1.54, 1.807) is 11.3 Å². The highest BCUT2D eigenvalue weighted by Crippen LogP contribution is 2.30. The number of nitrogens with two attached hydrogens (primary N) is 1. The minimum Gasteiger partial charge on any atom is -0.336 e. The molecule has 1 saturated heterocycles. The summed E-state index contributed by atoms with van der Waals surface area (Å²) in [4.78, 5) is 16.7. The first kappa shape index (κ1) is 15.3. The van der Waals surface area contributed by atoms with Gasteiger partial charge >= 0.3 is 0 Å². The van der Waals surface area contributed by atoms with Crippen LogP contribution in [0.3, 0.4) is 0 Å². The summed E-state index contributed by atoms with van der Waals surface area (Å²) in [6, 6.07) is 14.3. The molecular formula is C18H22N2OS. The average molecular weight is 314 g/mol. The third-order valence-electron chi connectivity index (χ3n) is 4.29. The van der Waals surface area contributed by atoms with Crippen molar-refractivity contribution in [3.8, 4) is 0 Å². The van der Waals surface area contributed by atoms with Crippen molar-refractivity contribution in [2.75, 3.05) is 13.1 Å². The van der Waals surface area contributed by atoms with Gasteiger partial charge in [0, 0.05) is 29.9 Å². The average Bonchev–Trinajstić information content (AvgIpc) is 3.14. The Hall–Kier alpha value is -1.65. The Morgan fingerprint density at radius 2 is 1.91 bits per heavy atom. The second-order valence-corrected chi connectivity index (χ2v) is 7.36. The lowest BCUT2D eigenvalue weighted by atomic mass is 9.95. The van der Waals surface area contributed by atoms with Gasteiger partial charge < -0.3 is 10.6 Å². The van der Waals surface area contributed by atoms with E-state index in [2.05, 4.69) is 32.0 Å². The van der Waals surface area contributed by atoms with Gasteiger partial charge in [-0.25, -0.2) is 0 Å². The molecule has 1 fully saturated rings. The van der Waals surface area contributed by atoms with Gasteiger partial charge in [-0.3, -0.25) is 4.79 Å². The van der Waals surface area contributed by atoms with E-state index in [-0.39, 0.29) is 17.9 Å². The van der Waals surface area contributed by atoms with Gasteiger partial charge in [0.25, 0.3) is 5.91 Å². The van der Waals surface area contributed by atoms with Crippen molar-refractivity contribution in [1.29, 1.82) is 0 Å². The zero-order chi connectivity index (χ0) is 15.7. The molecule has 0 spiro atoms. The van der Waals surface area contributed by atoms with Crippen molar-refractivity contribution in [2.45, 2.75) is 31.7 Å². The van der Waals surface area contributed by atoms with Gasteiger partial charge in [0.2, 0.25) is 0 Å². The summed E-state index contributed by atoms with van der Waals surface area (Å²) in [5.41, 5.74) is 7.50. The SMILES string of the molecule is CC(C)c1ccc(C(=O)N2CC(N)C(c3ccccc3)C2)s1. The van der Waals surface area contributed by atoms with Crippen LogP contribution >= 0.6 is 11.3 Å². The van der Waals surface area contributed by atoms with E-state index in [0.717, 1.165) is 4.88 Å². The van der Waals surface area contributed by atoms with Crippen molar-refractivity contribution in [3.05, 3.63) is 57.8 Å². The largest absolute Gasteiger partial charge is 0.336 e. The van der Waals surface area contributed by atoms with E-state index in [0.29, 0.717) is 19.0 Å². The number of hydrogen-bond donors (Lipinski definition) is 1. The maximum absolute atomic E-state index is 12.7. The number of carbonyl (C=O) groups is 1. The van der Waals surface area contributed by atoms with Crippen LogP contribution in [-0.2, 0) is 0 Å². The highest BCUT2D eigenvalue weighted by molar-refractivity contribution is 7.14. The van der Waals surface area contributed by atoms with E-state index in [9.17, 15) is 4.79 Å². The van der Waals surface area contributed by atoms with Crippen molar-refractivity contribution < 1.29 is 4.79 Å². The van der Waals surface area contributed by atoms with E-state index in [1.165, 1.54) is 10.4 Å². The molecule has 2 unspecified atom stereocenters. The molecule has 2 aromatic rings. The normalized spacial score (nSPS) is 21.5. The Labute approximate surface area is 135 Å². The second kappa shape index (κ2) is 6.23. The third-order valence-corrected chi connectivity index (χ3v) is 5.66. The predicted octanol–water partition coefficient (Wildman–Crippen LogP) is 3.44. The first-order chi connectivity index (χ1) is 10.6. The van der Waals surface area contributed by atoms with Crippen molar-refractivity contribution >= 4 is 17.2 Å². The molecule has 2 atom stereocenters. The van der Waals surface area contributed by atoms with E-state index >= 15 is 0 Å². The molecule has 3 rings (SSSR count). The molecule has 1 aromatic heterocycles. The second-order valence-electron chi connectivity index (χ2n) is 6.25. The zero-order valence-corrected chi connectivity index (χ0v) is 13.8. The molecule has 2 N–H and O–H groups in total. The van der Waals surface area contributed by atoms with Crippen LogP contribution in [0.5, 0.6) is 0 Å². The highest BCUT2D eigenvalue weighted by Gasteiger charge is 2.34. The Balaban J connectivity index is 1.74. The van der Waals surface area contributed by atoms with E-state index in [4.69, 9.17) is 5.73 Å². The number of carbonyl (C=O) groups excluding carboxylic acids is 1. The van der Waals surface area contributed by atoms with Gasteiger partial charge in [-0.05, 0) is 23.6 Å². The topological polar surface area (TPSA) is 46.3 Å². The number of amides is 1. The quantitative estimate of drug-likeness (QED) is 0.943. The van der Waals surface area contributed by atoms with Crippen LogP contribution in [0.15, 0.2) is 42.5 Å². The van der Waals surface area contributed by atoms with Crippen LogP contribution in [0.2, 0.25) is 0 Å². The fourth-order valence-electron chi connectivity index (χ4n) is 2.98. The lowest BCUT2D eigenvalue weighted by molar-refractivity contribution is 0.0794. The summed E-state index contributed by atoms with van der Waals surface area (Å²) in [6.07, 6.45) is 0. The van der Waals surface area contributed by atoms with Crippen LogP contribution < -0.4 is 5.73 Å². The molecule has 0 bridgehead atoms. The Morgan fingerprint density at radius 3 is 2.55 bits per heavy atom. The number of benzene rings is 1. The predicted molar refractivity (Wildman–Crippen MR) is 91.5 cm³/mol. The van der Waals surface area contributed by atoms with Gasteiger partial charge in [0.15, 0.2) is 0 Å². The minimum absolute atomic E-state index is 0.0101. The Bertz CT molecular complexity index is 650. The fraction of sp³-hybridized carbons (Fsp3) is 0.389. The molecule has 1 aromatic carbocycles. The molecule has 0 radical (unpaired) electrons. The fourth-order valence-corrected chi connectivity index (χ4v) is 3.96. The molecule has 0 aliphatic carbocycles. The summed E-state index contributed by atoms with van der Waals surface area (Å²) < 4.78 is 0. The summed E-state index contributed by atoms with van der Waals surface area (Å²) in [5, 5.41) is 0. The number of likely N-dealkylation sites (tertiary alicyclic amines) is 1. The van der Waals surface area contributed by atoms with Gasteiger partial charge in [-0.15, -0.1) is 11.3 Å². The lowest BCUT2D eigenvalue weighted by Crippen LogP contribution is -2.31. The van der Waals surface area contributed by atoms with Crippen LogP contribution in [0.4, 0.5) is 0 Å². The summed E-state index contributed by atoms with van der Waals surface area (Å²) in [5.74, 6) is 0.810. The van der Waals surface area contributed by atoms with E-state index in [1.807, 2.05) is 29.2 Å². The standard InChI is InChI=1S/C18H22N2OS/c1-12(2)16-8-9-17(22-16)18(21)20-10-14(15(19)11-20)13-6-4-3-5-7-13/h3-9,12,14-15H,10-11,19H2,1-2H3. The van der Waals surface area contributed by atoms with Crippen molar-refractivity contribution in [2.24, 2.45) is 5.73 Å². The number of nitrogens with zero attached hydrogens (tertiary/aromatic N) is 1. The van der Waals surface area contributed by atoms with Gasteiger partial charge in [-0.1, -0.05) is 44.2 Å². The molecule has 3 nitrogen and oxygen atoms in total. The van der Waals surface area contributed by atoms with Crippen molar-refractivity contribution in [3.63, 3.8) is 0 Å². The van der Waals surface area contributed by atoms with Crippen LogP contribution in [0.25, 0.3) is 0 Å². The molecule has 0 saturated carbocycles. The highest BCUT2D eigenvalue weighted by atomic mass is 32.1. The molecule has 116 valence electrons. The van der Waals surface area contributed by atoms with Gasteiger partial charge in [-0.2, -0.15) is 0 Å². The maximum Gasteiger partial charge on any atom is 0.264 e. The number of rotatable bonds is 3. The molecule has 1 aliphatic heterocycles. The van der Waals surface area contributed by atoms with Crippen molar-refractivity contribution in [1.82, 2.24) is 4.90 Å². The zero-order valence-electron chi connectivity index (χ0n) is 13.0. The van der Waals surface area contributed by atoms with Crippen LogP contribution in [-0.4, -0.2) is 29.9 Å². The van der Waals surface area contributed by atoms with Gasteiger partial charge in [0.05, 0.1) is 4.88 Å².